The average molecular weight is 482 g/mol. The van der Waals surface area contributed by atoms with E-state index in [4.69, 9.17) is 23.2 Å². The first-order valence-electron chi connectivity index (χ1n) is 8.64. The van der Waals surface area contributed by atoms with Crippen LogP contribution in [0.3, 0.4) is 0 Å². The van der Waals surface area contributed by atoms with Gasteiger partial charge in [-0.25, -0.2) is 13.4 Å². The number of hydrogen-bond acceptors (Lipinski definition) is 5. The van der Waals surface area contributed by atoms with Crippen molar-refractivity contribution in [1.82, 2.24) is 4.98 Å². The SMILES string of the molecule is C=CCN(c1ccc(Cl)cc1)S(=O)(=O)c1ccc(Cl)c(C(=O)Nc2nc(C)cs2)c1. The fraction of sp³-hybridized carbons (Fsp3) is 0.100. The number of aromatic nitrogens is 1. The van der Waals surface area contributed by atoms with Crippen molar-refractivity contribution in [3.05, 3.63) is 81.8 Å². The number of amides is 1. The largest absolute Gasteiger partial charge is 0.298 e. The summed E-state index contributed by atoms with van der Waals surface area (Å²) in [5, 5.41) is 5.43. The number of anilines is 2. The van der Waals surface area contributed by atoms with Gasteiger partial charge in [0.2, 0.25) is 0 Å². The van der Waals surface area contributed by atoms with Gasteiger partial charge in [0.05, 0.1) is 33.4 Å². The van der Waals surface area contributed by atoms with Crippen molar-refractivity contribution in [2.24, 2.45) is 0 Å². The summed E-state index contributed by atoms with van der Waals surface area (Å²) in [5.74, 6) is -0.548. The first-order chi connectivity index (χ1) is 14.2. The third-order valence-corrected chi connectivity index (χ3v) is 7.27. The van der Waals surface area contributed by atoms with Crippen LogP contribution >= 0.6 is 34.5 Å². The highest BCUT2D eigenvalue weighted by Crippen LogP contribution is 2.28. The molecule has 0 saturated carbocycles. The van der Waals surface area contributed by atoms with Gasteiger partial charge in [-0.2, -0.15) is 0 Å². The van der Waals surface area contributed by atoms with Gasteiger partial charge < -0.3 is 0 Å². The molecule has 0 fully saturated rings. The van der Waals surface area contributed by atoms with Gasteiger partial charge in [-0.05, 0) is 49.4 Å². The molecule has 0 spiro atoms. The summed E-state index contributed by atoms with van der Waals surface area (Å²) in [6.45, 7) is 5.47. The second kappa shape index (κ2) is 9.18. The molecule has 0 unspecified atom stereocenters. The molecule has 0 aliphatic carbocycles. The van der Waals surface area contributed by atoms with Crippen LogP contribution in [0.1, 0.15) is 16.1 Å². The maximum atomic E-state index is 13.3. The molecule has 6 nitrogen and oxygen atoms in total. The smallest absolute Gasteiger partial charge is 0.264 e. The first kappa shape index (κ1) is 22.3. The lowest BCUT2D eigenvalue weighted by atomic mass is 10.2. The maximum absolute atomic E-state index is 13.3. The van der Waals surface area contributed by atoms with E-state index in [0.29, 0.717) is 15.8 Å². The lowest BCUT2D eigenvalue weighted by Gasteiger charge is -2.23. The number of aryl methyl sites for hydroxylation is 1. The molecule has 0 aliphatic heterocycles. The molecule has 1 aromatic heterocycles. The minimum atomic E-state index is -4.00. The van der Waals surface area contributed by atoms with E-state index in [1.54, 1.807) is 36.6 Å². The number of hydrogen-bond donors (Lipinski definition) is 1. The summed E-state index contributed by atoms with van der Waals surface area (Å²) in [5.41, 5.74) is 1.21. The second-order valence-electron chi connectivity index (χ2n) is 6.19. The maximum Gasteiger partial charge on any atom is 0.264 e. The van der Waals surface area contributed by atoms with Crippen molar-refractivity contribution in [1.29, 1.82) is 0 Å². The molecule has 0 bridgehead atoms. The van der Waals surface area contributed by atoms with Crippen LogP contribution in [0.4, 0.5) is 10.8 Å². The molecule has 0 aliphatic rings. The van der Waals surface area contributed by atoms with Gasteiger partial charge >= 0.3 is 0 Å². The number of thiazole rings is 1. The first-order valence-corrected chi connectivity index (χ1v) is 11.7. The number of carbonyl (C=O) groups is 1. The van der Waals surface area contributed by atoms with E-state index in [-0.39, 0.29) is 22.0 Å². The standard InChI is InChI=1S/C20H17Cl2N3O3S2/c1-3-10-25(15-6-4-14(21)5-7-15)30(27,28)16-8-9-18(22)17(11-16)19(26)24-20-23-13(2)12-29-20/h3-9,11-12H,1,10H2,2H3,(H,23,24,26). The van der Waals surface area contributed by atoms with Crippen molar-refractivity contribution in [3.8, 4) is 0 Å². The predicted octanol–water partition coefficient (Wildman–Crippen LogP) is 5.39. The lowest BCUT2D eigenvalue weighted by Crippen LogP contribution is -2.31. The highest BCUT2D eigenvalue weighted by atomic mass is 35.5. The number of carbonyl (C=O) groups excluding carboxylic acids is 1. The Balaban J connectivity index is 1.98. The third kappa shape index (κ3) is 4.84. The highest BCUT2D eigenvalue weighted by Gasteiger charge is 2.26. The molecule has 1 heterocycles. The van der Waals surface area contributed by atoms with Crippen LogP contribution in [0, 0.1) is 6.92 Å². The second-order valence-corrected chi connectivity index (χ2v) is 9.76. The topological polar surface area (TPSA) is 79.4 Å². The highest BCUT2D eigenvalue weighted by molar-refractivity contribution is 7.92. The minimum absolute atomic E-state index is 0.0280. The van der Waals surface area contributed by atoms with E-state index >= 15 is 0 Å². The normalized spacial score (nSPS) is 11.2. The third-order valence-electron chi connectivity index (χ3n) is 4.02. The number of rotatable bonds is 7. The van der Waals surface area contributed by atoms with Gasteiger partial charge in [0.1, 0.15) is 0 Å². The zero-order chi connectivity index (χ0) is 21.9. The summed E-state index contributed by atoms with van der Waals surface area (Å²) < 4.78 is 27.8. The Hall–Kier alpha value is -2.39. The molecule has 0 saturated heterocycles. The summed E-state index contributed by atoms with van der Waals surface area (Å²) in [6, 6.07) is 10.4. The summed E-state index contributed by atoms with van der Waals surface area (Å²) in [6.07, 6.45) is 1.47. The van der Waals surface area contributed by atoms with Crippen molar-refractivity contribution < 1.29 is 13.2 Å². The Kier molecular flexibility index (Phi) is 6.82. The molecule has 3 aromatic rings. The summed E-state index contributed by atoms with van der Waals surface area (Å²) in [7, 11) is -4.00. The van der Waals surface area contributed by atoms with E-state index in [0.717, 1.165) is 5.69 Å². The molecule has 0 radical (unpaired) electrons. The van der Waals surface area contributed by atoms with Crippen molar-refractivity contribution >= 4 is 61.3 Å². The summed E-state index contributed by atoms with van der Waals surface area (Å²) >= 11 is 13.3. The Morgan fingerprint density at radius 3 is 2.53 bits per heavy atom. The van der Waals surface area contributed by atoms with E-state index in [9.17, 15) is 13.2 Å². The molecule has 1 amide bonds. The molecule has 3 rings (SSSR count). The van der Waals surface area contributed by atoms with E-state index in [1.807, 2.05) is 0 Å². The van der Waals surface area contributed by atoms with Gasteiger partial charge in [0, 0.05) is 10.4 Å². The van der Waals surface area contributed by atoms with Crippen LogP contribution in [0.25, 0.3) is 0 Å². The zero-order valence-electron chi connectivity index (χ0n) is 15.8. The molecule has 10 heteroatoms. The van der Waals surface area contributed by atoms with Crippen LogP contribution in [0.5, 0.6) is 0 Å². The molecular weight excluding hydrogens is 465 g/mol. The fourth-order valence-corrected chi connectivity index (χ4v) is 5.08. The van der Waals surface area contributed by atoms with Crippen LogP contribution in [0.2, 0.25) is 10.0 Å². The fourth-order valence-electron chi connectivity index (χ4n) is 2.61. The Bertz CT molecular complexity index is 1190. The minimum Gasteiger partial charge on any atom is -0.298 e. The van der Waals surface area contributed by atoms with Crippen molar-refractivity contribution in [3.63, 3.8) is 0 Å². The number of nitrogens with one attached hydrogen (secondary N) is 1. The van der Waals surface area contributed by atoms with Crippen LogP contribution in [-0.4, -0.2) is 25.9 Å². The van der Waals surface area contributed by atoms with Crippen LogP contribution < -0.4 is 9.62 Å². The quantitative estimate of drug-likeness (QED) is 0.458. The summed E-state index contributed by atoms with van der Waals surface area (Å²) in [4.78, 5) is 16.8. The molecule has 2 aromatic carbocycles. The number of halogens is 2. The van der Waals surface area contributed by atoms with E-state index in [1.165, 1.54) is 39.9 Å². The Morgan fingerprint density at radius 1 is 1.23 bits per heavy atom. The van der Waals surface area contributed by atoms with Gasteiger partial charge in [-0.15, -0.1) is 17.9 Å². The molecule has 0 atom stereocenters. The predicted molar refractivity (Wildman–Crippen MR) is 122 cm³/mol. The molecule has 30 heavy (non-hydrogen) atoms. The molecule has 1 N–H and O–H groups in total. The van der Waals surface area contributed by atoms with E-state index < -0.39 is 15.9 Å². The van der Waals surface area contributed by atoms with Gasteiger partial charge in [0.15, 0.2) is 5.13 Å². The molecule has 156 valence electrons. The van der Waals surface area contributed by atoms with Crippen molar-refractivity contribution in [2.75, 3.05) is 16.2 Å². The number of nitrogens with zero attached hydrogens (tertiary/aromatic N) is 2. The van der Waals surface area contributed by atoms with E-state index in [2.05, 4.69) is 16.9 Å². The Morgan fingerprint density at radius 2 is 1.93 bits per heavy atom. The van der Waals surface area contributed by atoms with Crippen LogP contribution in [0.15, 0.2) is 65.4 Å². The van der Waals surface area contributed by atoms with Gasteiger partial charge in [-0.1, -0.05) is 29.3 Å². The van der Waals surface area contributed by atoms with Crippen molar-refractivity contribution in [2.45, 2.75) is 11.8 Å². The average Bonchev–Trinajstić information content (AvgIpc) is 3.11. The monoisotopic (exact) mass is 481 g/mol. The molecular formula is C20H17Cl2N3O3S2. The Labute approximate surface area is 188 Å². The van der Waals surface area contributed by atoms with Gasteiger partial charge in [-0.3, -0.25) is 14.4 Å². The zero-order valence-corrected chi connectivity index (χ0v) is 18.9. The number of benzene rings is 2. The number of sulfonamides is 1. The van der Waals surface area contributed by atoms with Gasteiger partial charge in [0.25, 0.3) is 15.9 Å². The lowest BCUT2D eigenvalue weighted by molar-refractivity contribution is 0.102. The van der Waals surface area contributed by atoms with Crippen LogP contribution in [-0.2, 0) is 10.0 Å².